The van der Waals surface area contributed by atoms with Crippen LogP contribution < -0.4 is 9.80 Å². The van der Waals surface area contributed by atoms with Gasteiger partial charge < -0.3 is 38.4 Å². The van der Waals surface area contributed by atoms with Crippen LogP contribution in [0.1, 0.15) is 11.1 Å². The number of likely N-dealkylation sites (N-methyl/N-ethyl adjacent to an activating group) is 1. The molecule has 2 aromatic carbocycles. The predicted molar refractivity (Wildman–Crippen MR) is 150 cm³/mol. The molecule has 3 rings (SSSR count). The van der Waals surface area contributed by atoms with E-state index in [0.717, 1.165) is 46.7 Å². The van der Waals surface area contributed by atoms with Gasteiger partial charge >= 0.3 is 0 Å². The van der Waals surface area contributed by atoms with Crippen molar-refractivity contribution in [3.05, 3.63) is 47.5 Å². The van der Waals surface area contributed by atoms with Crippen molar-refractivity contribution in [2.45, 2.75) is 13.2 Å². The molecule has 0 aromatic heterocycles. The molecule has 37 heavy (non-hydrogen) atoms. The Morgan fingerprint density at radius 1 is 0.541 bits per heavy atom. The number of rotatable bonds is 2. The van der Waals surface area contributed by atoms with Crippen molar-refractivity contribution in [3.63, 3.8) is 0 Å². The lowest BCUT2D eigenvalue weighted by atomic mass is 9.94. The number of hydrogen-bond acceptors (Lipinski definition) is 8. The summed E-state index contributed by atoms with van der Waals surface area (Å²) in [6, 6.07) is 13.1. The van der Waals surface area contributed by atoms with E-state index < -0.39 is 0 Å². The summed E-state index contributed by atoms with van der Waals surface area (Å²) in [6.07, 6.45) is 0. The Morgan fingerprint density at radius 3 is 1.32 bits per heavy atom. The second-order valence-corrected chi connectivity index (χ2v) is 9.72. The van der Waals surface area contributed by atoms with Crippen LogP contribution >= 0.6 is 0 Å². The maximum Gasteiger partial charge on any atom is 0.0724 e. The minimum absolute atomic E-state index is 0.507. The molecule has 206 valence electrons. The lowest BCUT2D eigenvalue weighted by molar-refractivity contribution is 0.00550. The first-order chi connectivity index (χ1) is 18.0. The van der Waals surface area contributed by atoms with Gasteiger partial charge in [0.25, 0.3) is 0 Å². The summed E-state index contributed by atoms with van der Waals surface area (Å²) in [5.41, 5.74) is 6.89. The van der Waals surface area contributed by atoms with Crippen molar-refractivity contribution < 1.29 is 23.7 Å². The molecule has 0 amide bonds. The Bertz CT molecular complexity index is 938. The van der Waals surface area contributed by atoms with Crippen LogP contribution in [0.15, 0.2) is 36.4 Å². The molecule has 1 heterocycles. The first-order valence-electron chi connectivity index (χ1n) is 13.1. The van der Waals surface area contributed by atoms with Gasteiger partial charge in [0.15, 0.2) is 0 Å². The molecule has 0 aliphatic carbocycles. The Kier molecular flexibility index (Phi) is 12.6. The summed E-state index contributed by atoms with van der Waals surface area (Å²) in [6.45, 7) is 7.44. The molecule has 0 radical (unpaired) electrons. The molecule has 0 spiro atoms. The van der Waals surface area contributed by atoms with Gasteiger partial charge in [0, 0.05) is 52.7 Å². The molecule has 0 saturated carbocycles. The molecular formula is C29H45N3O5. The van der Waals surface area contributed by atoms with Gasteiger partial charge in [-0.2, -0.15) is 0 Å². The summed E-state index contributed by atoms with van der Waals surface area (Å²) < 4.78 is 29.3. The van der Waals surface area contributed by atoms with E-state index in [1.807, 2.05) is 0 Å². The molecule has 1 aliphatic rings. The Balaban J connectivity index is 1.81. The van der Waals surface area contributed by atoms with Crippen molar-refractivity contribution in [2.24, 2.45) is 0 Å². The van der Waals surface area contributed by atoms with E-state index in [4.69, 9.17) is 23.7 Å². The smallest absolute Gasteiger partial charge is 0.0724 e. The van der Waals surface area contributed by atoms with Crippen LogP contribution in [0.2, 0.25) is 0 Å². The summed E-state index contributed by atoms with van der Waals surface area (Å²) in [5.74, 6) is 0. The van der Waals surface area contributed by atoms with Crippen LogP contribution in [0.3, 0.4) is 0 Å². The van der Waals surface area contributed by atoms with Crippen molar-refractivity contribution in [1.29, 1.82) is 0 Å². The third-order valence-electron chi connectivity index (χ3n) is 6.37. The minimum Gasteiger partial charge on any atom is -0.378 e. The maximum absolute atomic E-state index is 6.08. The molecule has 0 fully saturated rings. The molecule has 0 unspecified atom stereocenters. The van der Waals surface area contributed by atoms with E-state index in [1.165, 1.54) is 0 Å². The van der Waals surface area contributed by atoms with E-state index in [-0.39, 0.29) is 0 Å². The first-order valence-corrected chi connectivity index (χ1v) is 13.1. The van der Waals surface area contributed by atoms with E-state index in [1.54, 1.807) is 0 Å². The molecule has 1 aliphatic heterocycles. The molecule has 2 aromatic rings. The number of anilines is 2. The summed E-state index contributed by atoms with van der Waals surface area (Å²) >= 11 is 0. The van der Waals surface area contributed by atoms with E-state index in [9.17, 15) is 0 Å². The van der Waals surface area contributed by atoms with Crippen LogP contribution in [-0.2, 0) is 36.9 Å². The predicted octanol–water partition coefficient (Wildman–Crippen LogP) is 3.51. The molecule has 0 saturated heterocycles. The third kappa shape index (κ3) is 9.89. The summed E-state index contributed by atoms with van der Waals surface area (Å²) in [7, 11) is 10.3. The highest BCUT2D eigenvalue weighted by Gasteiger charge is 2.14. The topological polar surface area (TPSA) is 55.9 Å². The molecule has 0 bridgehead atoms. The molecular weight excluding hydrogens is 470 g/mol. The minimum atomic E-state index is 0.507. The monoisotopic (exact) mass is 515 g/mol. The highest BCUT2D eigenvalue weighted by Crippen LogP contribution is 2.33. The standard InChI is InChI=1S/C29H45N3O5/c1-30(2)26-6-8-28-24(20-26)22-36-18-16-34-13-11-32(5)10-12-33-14-15-35-17-19-37-23-25-21-27(31(3)4)7-9-29(25)28/h6-9,20-21H,10-19,22-23H2,1-5H3. The Hall–Kier alpha value is -2.20. The van der Waals surface area contributed by atoms with Gasteiger partial charge in [-0.3, -0.25) is 0 Å². The van der Waals surface area contributed by atoms with Gasteiger partial charge in [0.1, 0.15) is 0 Å². The lowest BCUT2D eigenvalue weighted by Crippen LogP contribution is -2.28. The second kappa shape index (κ2) is 15.9. The SMILES string of the molecule is CN1CCOCCOCCOCc2cc(N(C)C)ccc2-c2ccc(N(C)C)cc2COCCOCC1. The van der Waals surface area contributed by atoms with Gasteiger partial charge in [-0.25, -0.2) is 0 Å². The van der Waals surface area contributed by atoms with Gasteiger partial charge in [-0.15, -0.1) is 0 Å². The van der Waals surface area contributed by atoms with Crippen LogP contribution in [0.5, 0.6) is 0 Å². The average Bonchev–Trinajstić information content (AvgIpc) is 2.88. The second-order valence-electron chi connectivity index (χ2n) is 9.72. The number of nitrogens with zero attached hydrogens (tertiary/aromatic N) is 3. The Morgan fingerprint density at radius 2 is 0.919 bits per heavy atom. The van der Waals surface area contributed by atoms with Gasteiger partial charge in [-0.1, -0.05) is 12.1 Å². The van der Waals surface area contributed by atoms with Crippen molar-refractivity contribution in [2.75, 3.05) is 111 Å². The van der Waals surface area contributed by atoms with Crippen molar-refractivity contribution in [1.82, 2.24) is 4.90 Å². The molecule has 8 heteroatoms. The fourth-order valence-electron chi connectivity index (χ4n) is 4.06. The van der Waals surface area contributed by atoms with E-state index in [2.05, 4.69) is 86.3 Å². The van der Waals surface area contributed by atoms with Crippen LogP contribution in [0, 0.1) is 0 Å². The highest BCUT2D eigenvalue weighted by molar-refractivity contribution is 5.75. The summed E-state index contributed by atoms with van der Waals surface area (Å²) in [5, 5.41) is 0. The van der Waals surface area contributed by atoms with Crippen LogP contribution in [-0.4, -0.2) is 106 Å². The first kappa shape index (κ1) is 29.4. The highest BCUT2D eigenvalue weighted by atomic mass is 16.5. The molecule has 0 atom stereocenters. The third-order valence-corrected chi connectivity index (χ3v) is 6.37. The van der Waals surface area contributed by atoms with Gasteiger partial charge in [0.05, 0.1) is 66.1 Å². The van der Waals surface area contributed by atoms with Crippen molar-refractivity contribution >= 4 is 11.4 Å². The van der Waals surface area contributed by atoms with E-state index in [0.29, 0.717) is 66.1 Å². The quantitative estimate of drug-likeness (QED) is 0.603. The molecule has 8 nitrogen and oxygen atoms in total. The molecule has 0 N–H and O–H groups in total. The fourth-order valence-corrected chi connectivity index (χ4v) is 4.06. The number of ether oxygens (including phenoxy) is 5. The zero-order valence-corrected chi connectivity index (χ0v) is 23.3. The fraction of sp³-hybridized carbons (Fsp3) is 0.586. The zero-order valence-electron chi connectivity index (χ0n) is 23.3. The summed E-state index contributed by atoms with van der Waals surface area (Å²) in [4.78, 5) is 6.44. The zero-order chi connectivity index (χ0) is 26.5. The number of hydrogen-bond donors (Lipinski definition) is 0. The normalized spacial score (nSPS) is 18.1. The lowest BCUT2D eigenvalue weighted by Gasteiger charge is -2.21. The van der Waals surface area contributed by atoms with Gasteiger partial charge in [0.2, 0.25) is 0 Å². The average molecular weight is 516 g/mol. The van der Waals surface area contributed by atoms with Crippen LogP contribution in [0.25, 0.3) is 11.1 Å². The maximum atomic E-state index is 6.08. The van der Waals surface area contributed by atoms with Gasteiger partial charge in [-0.05, 0) is 53.6 Å². The largest absolute Gasteiger partial charge is 0.378 e. The number of benzene rings is 2. The van der Waals surface area contributed by atoms with Crippen LogP contribution in [0.4, 0.5) is 11.4 Å². The van der Waals surface area contributed by atoms with Crippen molar-refractivity contribution in [3.8, 4) is 11.1 Å². The Labute approximate surface area is 223 Å². The van der Waals surface area contributed by atoms with E-state index >= 15 is 0 Å². The number of fused-ring (bicyclic) bond motifs is 3.